The normalized spacial score (nSPS) is 19.0. The number of hydrogen-bond donors (Lipinski definition) is 2. The van der Waals surface area contributed by atoms with E-state index in [-0.39, 0.29) is 11.8 Å². The van der Waals surface area contributed by atoms with E-state index in [1.54, 1.807) is 13.8 Å². The van der Waals surface area contributed by atoms with Gasteiger partial charge in [0.2, 0.25) is 5.91 Å². The largest absolute Gasteiger partial charge is 0.389 e. The Bertz CT molecular complexity index is 178. The maximum Gasteiger partial charge on any atom is 0.223 e. The lowest BCUT2D eigenvalue weighted by atomic mass is 10.1. The van der Waals surface area contributed by atoms with E-state index in [2.05, 4.69) is 5.32 Å². The number of carbonyl (C=O) groups is 1. The molecule has 0 atom stereocenters. The summed E-state index contributed by atoms with van der Waals surface area (Å²) >= 11 is 0. The Balaban J connectivity index is 2.25. The highest BCUT2D eigenvalue weighted by molar-refractivity contribution is 5.78. The Morgan fingerprint density at radius 2 is 2.00 bits per heavy atom. The topological polar surface area (TPSA) is 49.3 Å². The van der Waals surface area contributed by atoms with Gasteiger partial charge < -0.3 is 10.4 Å². The zero-order valence-corrected chi connectivity index (χ0v) is 8.47. The maximum atomic E-state index is 11.5. The average Bonchev–Trinajstić information content (AvgIpc) is 2.50. The van der Waals surface area contributed by atoms with Crippen LogP contribution in [0.5, 0.6) is 0 Å². The van der Waals surface area contributed by atoms with Crippen LogP contribution in [0.15, 0.2) is 0 Å². The highest BCUT2D eigenvalue weighted by Crippen LogP contribution is 2.24. The summed E-state index contributed by atoms with van der Waals surface area (Å²) in [5.74, 6) is 0.307. The second-order valence-corrected chi connectivity index (χ2v) is 4.51. The van der Waals surface area contributed by atoms with Crippen LogP contribution in [0.4, 0.5) is 0 Å². The minimum atomic E-state index is -0.797. The van der Waals surface area contributed by atoms with Gasteiger partial charge in [0.1, 0.15) is 0 Å². The number of carbonyl (C=O) groups excluding carboxylic acids is 1. The lowest BCUT2D eigenvalue weighted by molar-refractivity contribution is -0.125. The van der Waals surface area contributed by atoms with Crippen molar-refractivity contribution in [2.75, 3.05) is 6.54 Å². The Hall–Kier alpha value is -0.570. The summed E-state index contributed by atoms with van der Waals surface area (Å²) < 4.78 is 0. The molecule has 1 saturated carbocycles. The van der Waals surface area contributed by atoms with E-state index in [0.29, 0.717) is 6.54 Å². The van der Waals surface area contributed by atoms with Crippen LogP contribution in [-0.4, -0.2) is 23.2 Å². The van der Waals surface area contributed by atoms with Crippen molar-refractivity contribution in [2.45, 2.75) is 45.1 Å². The molecule has 0 aromatic carbocycles. The summed E-state index contributed by atoms with van der Waals surface area (Å²) in [4.78, 5) is 11.5. The van der Waals surface area contributed by atoms with Crippen LogP contribution in [0.3, 0.4) is 0 Å². The highest BCUT2D eigenvalue weighted by atomic mass is 16.3. The fourth-order valence-corrected chi connectivity index (χ4v) is 1.64. The molecule has 0 aliphatic heterocycles. The van der Waals surface area contributed by atoms with Crippen molar-refractivity contribution in [3.63, 3.8) is 0 Å². The highest BCUT2D eigenvalue weighted by Gasteiger charge is 2.23. The minimum Gasteiger partial charge on any atom is -0.389 e. The predicted molar refractivity (Wildman–Crippen MR) is 51.3 cm³/mol. The van der Waals surface area contributed by atoms with E-state index in [1.807, 2.05) is 0 Å². The van der Waals surface area contributed by atoms with Gasteiger partial charge in [-0.15, -0.1) is 0 Å². The molecule has 0 unspecified atom stereocenters. The first-order valence-electron chi connectivity index (χ1n) is 4.99. The van der Waals surface area contributed by atoms with Crippen molar-refractivity contribution in [1.82, 2.24) is 5.32 Å². The van der Waals surface area contributed by atoms with Crippen molar-refractivity contribution >= 4 is 5.91 Å². The van der Waals surface area contributed by atoms with E-state index >= 15 is 0 Å². The number of aliphatic hydroxyl groups is 1. The summed E-state index contributed by atoms with van der Waals surface area (Å²) in [6, 6.07) is 0. The smallest absolute Gasteiger partial charge is 0.223 e. The van der Waals surface area contributed by atoms with Crippen molar-refractivity contribution in [3.8, 4) is 0 Å². The van der Waals surface area contributed by atoms with Crippen molar-refractivity contribution in [3.05, 3.63) is 0 Å². The summed E-state index contributed by atoms with van der Waals surface area (Å²) in [5.41, 5.74) is -0.797. The number of hydrogen-bond acceptors (Lipinski definition) is 2. The second-order valence-electron chi connectivity index (χ2n) is 4.51. The van der Waals surface area contributed by atoms with Gasteiger partial charge in [-0.25, -0.2) is 0 Å². The molecule has 0 heterocycles. The SMILES string of the molecule is CC(C)(O)CNC(=O)C1CCCC1. The Morgan fingerprint density at radius 1 is 1.46 bits per heavy atom. The third-order valence-electron chi connectivity index (χ3n) is 2.42. The molecule has 1 rings (SSSR count). The molecule has 0 radical (unpaired) electrons. The Morgan fingerprint density at radius 3 is 2.46 bits per heavy atom. The van der Waals surface area contributed by atoms with Gasteiger partial charge in [-0.1, -0.05) is 12.8 Å². The van der Waals surface area contributed by atoms with Crippen molar-refractivity contribution < 1.29 is 9.90 Å². The molecule has 0 aromatic heterocycles. The molecular formula is C10H19NO2. The predicted octanol–water partition coefficient (Wildman–Crippen LogP) is 1.06. The van der Waals surface area contributed by atoms with E-state index in [1.165, 1.54) is 12.8 Å². The fourth-order valence-electron chi connectivity index (χ4n) is 1.64. The zero-order chi connectivity index (χ0) is 9.90. The van der Waals surface area contributed by atoms with Crippen molar-refractivity contribution in [1.29, 1.82) is 0 Å². The standard InChI is InChI=1S/C10H19NO2/c1-10(2,13)7-11-9(12)8-5-3-4-6-8/h8,13H,3-7H2,1-2H3,(H,11,12). The monoisotopic (exact) mass is 185 g/mol. The van der Waals surface area contributed by atoms with E-state index in [4.69, 9.17) is 0 Å². The molecule has 2 N–H and O–H groups in total. The van der Waals surface area contributed by atoms with Gasteiger partial charge in [-0.05, 0) is 26.7 Å². The van der Waals surface area contributed by atoms with E-state index < -0.39 is 5.60 Å². The zero-order valence-electron chi connectivity index (χ0n) is 8.47. The first-order valence-corrected chi connectivity index (χ1v) is 4.99. The lowest BCUT2D eigenvalue weighted by Crippen LogP contribution is -2.40. The Labute approximate surface area is 79.5 Å². The lowest BCUT2D eigenvalue weighted by Gasteiger charge is -2.19. The van der Waals surface area contributed by atoms with Crippen LogP contribution in [0, 0.1) is 5.92 Å². The number of nitrogens with one attached hydrogen (secondary N) is 1. The molecule has 76 valence electrons. The molecule has 0 saturated heterocycles. The Kier molecular flexibility index (Phi) is 3.31. The molecular weight excluding hydrogens is 166 g/mol. The summed E-state index contributed by atoms with van der Waals surface area (Å²) in [6.07, 6.45) is 4.36. The van der Waals surface area contributed by atoms with E-state index in [9.17, 15) is 9.90 Å². The fraction of sp³-hybridized carbons (Fsp3) is 0.900. The van der Waals surface area contributed by atoms with Crippen LogP contribution < -0.4 is 5.32 Å². The van der Waals surface area contributed by atoms with Gasteiger partial charge in [0.15, 0.2) is 0 Å². The van der Waals surface area contributed by atoms with Gasteiger partial charge in [0.25, 0.3) is 0 Å². The molecule has 0 aromatic rings. The van der Waals surface area contributed by atoms with Crippen LogP contribution in [0.25, 0.3) is 0 Å². The molecule has 1 fully saturated rings. The van der Waals surface area contributed by atoms with Crippen LogP contribution >= 0.6 is 0 Å². The van der Waals surface area contributed by atoms with E-state index in [0.717, 1.165) is 12.8 Å². The molecule has 0 bridgehead atoms. The van der Waals surface area contributed by atoms with Gasteiger partial charge in [0.05, 0.1) is 5.60 Å². The molecule has 1 amide bonds. The maximum absolute atomic E-state index is 11.5. The van der Waals surface area contributed by atoms with Crippen LogP contribution in [0.1, 0.15) is 39.5 Å². The molecule has 3 heteroatoms. The first kappa shape index (κ1) is 10.5. The van der Waals surface area contributed by atoms with Gasteiger partial charge in [0, 0.05) is 12.5 Å². The minimum absolute atomic E-state index is 0.111. The molecule has 13 heavy (non-hydrogen) atoms. The van der Waals surface area contributed by atoms with Gasteiger partial charge in [-0.3, -0.25) is 4.79 Å². The quantitative estimate of drug-likeness (QED) is 0.691. The summed E-state index contributed by atoms with van der Waals surface area (Å²) in [5, 5.41) is 12.2. The molecule has 0 spiro atoms. The van der Waals surface area contributed by atoms with Crippen LogP contribution in [-0.2, 0) is 4.79 Å². The van der Waals surface area contributed by atoms with Gasteiger partial charge >= 0.3 is 0 Å². The average molecular weight is 185 g/mol. The first-order chi connectivity index (χ1) is 5.99. The molecule has 3 nitrogen and oxygen atoms in total. The molecule has 1 aliphatic carbocycles. The molecule has 1 aliphatic rings. The van der Waals surface area contributed by atoms with Crippen LogP contribution in [0.2, 0.25) is 0 Å². The second kappa shape index (κ2) is 4.09. The third-order valence-corrected chi connectivity index (χ3v) is 2.42. The number of amides is 1. The van der Waals surface area contributed by atoms with Gasteiger partial charge in [-0.2, -0.15) is 0 Å². The third kappa shape index (κ3) is 3.77. The summed E-state index contributed by atoms with van der Waals surface area (Å²) in [7, 11) is 0. The summed E-state index contributed by atoms with van der Waals surface area (Å²) in [6.45, 7) is 3.74. The van der Waals surface area contributed by atoms with Crippen molar-refractivity contribution in [2.24, 2.45) is 5.92 Å². The number of rotatable bonds is 3.